The number of pyridine rings is 1. The molecule has 1 saturated heterocycles. The average molecular weight is 689 g/mol. The molecule has 0 aliphatic carbocycles. The van der Waals surface area contributed by atoms with E-state index in [0.29, 0.717) is 17.7 Å². The summed E-state index contributed by atoms with van der Waals surface area (Å²) in [6.07, 6.45) is 3.55. The van der Waals surface area contributed by atoms with E-state index in [0.717, 1.165) is 4.31 Å². The van der Waals surface area contributed by atoms with Crippen LogP contribution in [0.1, 0.15) is 35.7 Å². The van der Waals surface area contributed by atoms with Gasteiger partial charge in [-0.1, -0.05) is 58.5 Å². The van der Waals surface area contributed by atoms with Gasteiger partial charge < -0.3 is 15.7 Å². The third-order valence-electron chi connectivity index (χ3n) is 7.08. The standard InChI is InChI=1S/C28H26Cl4N4O6S/c1-28(8-3-9-36(28)43(41,42)20-12-17(29)11-18(30)13-20)27(40)34-23(26(38)39)10-16-4-6-19(7-5-16)33-25(37)24-21(31)14-35(2)15-22(24)32/h4-7,11-15,23H,3,8-10H2,1-2H3,(H2-,33,34,37,38,39,40)/p+1/t23-,28-/m0/s1. The van der Waals surface area contributed by atoms with E-state index in [1.165, 1.54) is 25.1 Å². The van der Waals surface area contributed by atoms with Gasteiger partial charge in [0.25, 0.3) is 5.91 Å². The van der Waals surface area contributed by atoms with Crippen LogP contribution in [0.15, 0.2) is 59.8 Å². The molecule has 0 radical (unpaired) electrons. The number of aromatic nitrogens is 1. The number of nitrogens with zero attached hydrogens (tertiary/aromatic N) is 2. The number of carboxylic acid groups (broad SMARTS) is 1. The molecule has 3 N–H and O–H groups in total. The zero-order chi connectivity index (χ0) is 31.7. The maximum atomic E-state index is 13.5. The Balaban J connectivity index is 1.47. The van der Waals surface area contributed by atoms with Crippen molar-refractivity contribution in [3.8, 4) is 0 Å². The molecule has 0 unspecified atom stereocenters. The van der Waals surface area contributed by atoms with E-state index < -0.39 is 39.4 Å². The fourth-order valence-electron chi connectivity index (χ4n) is 4.88. The van der Waals surface area contributed by atoms with Crippen LogP contribution in [0.25, 0.3) is 0 Å². The number of aryl methyl sites for hydroxylation is 1. The number of halogens is 4. The summed E-state index contributed by atoms with van der Waals surface area (Å²) >= 11 is 24.4. The van der Waals surface area contributed by atoms with Crippen molar-refractivity contribution in [2.24, 2.45) is 7.05 Å². The minimum absolute atomic E-state index is 0.0547. The number of aliphatic carboxylic acids is 1. The van der Waals surface area contributed by atoms with Crippen molar-refractivity contribution in [3.05, 3.63) is 86.1 Å². The third-order valence-corrected chi connectivity index (χ3v) is 10.1. The molecule has 2 aromatic carbocycles. The fraction of sp³-hybridized carbons (Fsp3) is 0.286. The van der Waals surface area contributed by atoms with Gasteiger partial charge in [0.1, 0.15) is 28.7 Å². The van der Waals surface area contributed by atoms with Gasteiger partial charge in [0.15, 0.2) is 12.4 Å². The van der Waals surface area contributed by atoms with E-state index in [9.17, 15) is 27.9 Å². The topological polar surface area (TPSA) is 137 Å². The quantitative estimate of drug-likeness (QED) is 0.278. The fourth-order valence-corrected chi connectivity index (χ4v) is 8.14. The lowest BCUT2D eigenvalue weighted by molar-refractivity contribution is -0.671. The van der Waals surface area contributed by atoms with Gasteiger partial charge in [0, 0.05) is 28.7 Å². The largest absolute Gasteiger partial charge is 0.480 e. The Labute approximate surface area is 268 Å². The number of hydrogen-bond donors (Lipinski definition) is 3. The molecule has 2 amide bonds. The lowest BCUT2D eigenvalue weighted by Gasteiger charge is -2.34. The van der Waals surface area contributed by atoms with E-state index in [1.54, 1.807) is 48.3 Å². The molecule has 1 aliphatic rings. The number of carboxylic acids is 1. The number of anilines is 1. The summed E-state index contributed by atoms with van der Waals surface area (Å²) in [5.74, 6) is -2.57. The first-order chi connectivity index (χ1) is 20.1. The maximum Gasteiger partial charge on any atom is 0.326 e. The van der Waals surface area contributed by atoms with Gasteiger partial charge >= 0.3 is 5.97 Å². The van der Waals surface area contributed by atoms with Crippen molar-refractivity contribution in [2.75, 3.05) is 11.9 Å². The zero-order valence-electron chi connectivity index (χ0n) is 22.9. The molecular formula is C28H27Cl4N4O6S+. The number of rotatable bonds is 9. The minimum atomic E-state index is -4.19. The van der Waals surface area contributed by atoms with Crippen molar-refractivity contribution >= 4 is 79.9 Å². The highest BCUT2D eigenvalue weighted by atomic mass is 35.5. The first kappa shape index (κ1) is 33.0. The van der Waals surface area contributed by atoms with Gasteiger partial charge in [-0.3, -0.25) is 9.59 Å². The summed E-state index contributed by atoms with van der Waals surface area (Å²) in [4.78, 5) is 38.2. The van der Waals surface area contributed by atoms with E-state index >= 15 is 0 Å². The summed E-state index contributed by atoms with van der Waals surface area (Å²) in [6.45, 7) is 1.51. The lowest BCUT2D eigenvalue weighted by Crippen LogP contribution is -2.58. The number of carbonyl (C=O) groups is 3. The van der Waals surface area contributed by atoms with E-state index in [1.807, 2.05) is 0 Å². The summed E-state index contributed by atoms with van der Waals surface area (Å²) < 4.78 is 29.6. The molecule has 43 heavy (non-hydrogen) atoms. The smallest absolute Gasteiger partial charge is 0.326 e. The van der Waals surface area contributed by atoms with E-state index in [-0.39, 0.29) is 49.9 Å². The second-order valence-electron chi connectivity index (χ2n) is 10.3. The van der Waals surface area contributed by atoms with Crippen molar-refractivity contribution in [1.82, 2.24) is 9.62 Å². The van der Waals surface area contributed by atoms with E-state index in [2.05, 4.69) is 10.6 Å². The first-order valence-corrected chi connectivity index (χ1v) is 15.8. The molecule has 2 atom stereocenters. The Morgan fingerprint density at radius 2 is 1.60 bits per heavy atom. The van der Waals surface area contributed by atoms with Crippen LogP contribution < -0.4 is 15.2 Å². The van der Waals surface area contributed by atoms with Gasteiger partial charge in [0.05, 0.1) is 10.5 Å². The van der Waals surface area contributed by atoms with Crippen molar-refractivity contribution in [1.29, 1.82) is 0 Å². The third kappa shape index (κ3) is 7.25. The summed E-state index contributed by atoms with van der Waals surface area (Å²) in [5, 5.41) is 15.7. The number of benzene rings is 2. The molecule has 228 valence electrons. The number of hydrogen-bond acceptors (Lipinski definition) is 5. The second-order valence-corrected chi connectivity index (χ2v) is 13.8. The average Bonchev–Trinajstić information content (AvgIpc) is 3.31. The monoisotopic (exact) mass is 687 g/mol. The van der Waals surface area contributed by atoms with Crippen molar-refractivity contribution in [3.63, 3.8) is 0 Å². The number of sulfonamides is 1. The highest BCUT2D eigenvalue weighted by Gasteiger charge is 2.50. The van der Waals surface area contributed by atoms with Crippen molar-refractivity contribution in [2.45, 2.75) is 42.7 Å². The van der Waals surface area contributed by atoms with Crippen LogP contribution in [0, 0.1) is 0 Å². The van der Waals surface area contributed by atoms with Crippen LogP contribution in [0.3, 0.4) is 0 Å². The summed E-state index contributed by atoms with van der Waals surface area (Å²) in [6, 6.07) is 8.86. The minimum Gasteiger partial charge on any atom is -0.480 e. The molecule has 3 aromatic rings. The summed E-state index contributed by atoms with van der Waals surface area (Å²) in [5.41, 5.74) is -0.491. The molecule has 10 nitrogen and oxygen atoms in total. The highest BCUT2D eigenvalue weighted by molar-refractivity contribution is 7.89. The number of carbonyl (C=O) groups excluding carboxylic acids is 2. The maximum absolute atomic E-state index is 13.5. The molecule has 15 heteroatoms. The molecule has 1 aliphatic heterocycles. The molecular weight excluding hydrogens is 662 g/mol. The number of amides is 2. The van der Waals surface area contributed by atoms with Crippen molar-refractivity contribution < 1.29 is 32.5 Å². The molecule has 0 saturated carbocycles. The Kier molecular flexibility index (Phi) is 9.95. The molecule has 0 bridgehead atoms. The van der Waals surface area contributed by atoms with Crippen LogP contribution in [0.5, 0.6) is 0 Å². The van der Waals surface area contributed by atoms with E-state index in [4.69, 9.17) is 46.4 Å². The van der Waals surface area contributed by atoms with Gasteiger partial charge in [-0.2, -0.15) is 4.31 Å². The van der Waals surface area contributed by atoms with Gasteiger partial charge in [-0.25, -0.2) is 17.8 Å². The molecule has 2 heterocycles. The summed E-state index contributed by atoms with van der Waals surface area (Å²) in [7, 11) is -2.47. The Hall–Kier alpha value is -2.93. The van der Waals surface area contributed by atoms with Gasteiger partial charge in [0.2, 0.25) is 15.9 Å². The van der Waals surface area contributed by atoms with Gasteiger partial charge in [-0.15, -0.1) is 0 Å². The molecule has 0 spiro atoms. The van der Waals surface area contributed by atoms with Crippen LogP contribution in [0.4, 0.5) is 5.69 Å². The van der Waals surface area contributed by atoms with Crippen LogP contribution in [-0.2, 0) is 33.1 Å². The molecule has 4 rings (SSSR count). The predicted molar refractivity (Wildman–Crippen MR) is 163 cm³/mol. The zero-order valence-corrected chi connectivity index (χ0v) is 26.7. The molecule has 1 fully saturated rings. The predicted octanol–water partition coefficient (Wildman–Crippen LogP) is 4.73. The first-order valence-electron chi connectivity index (χ1n) is 12.9. The number of nitrogens with one attached hydrogen (secondary N) is 2. The SMILES string of the molecule is C[n+]1cc(Cl)c(C(=O)Nc2ccc(C[C@H](NC(=O)[C@]3(C)CCCN3S(=O)(=O)c3cc(Cl)cc(Cl)c3)C(=O)O)cc2)c(Cl)c1. The second kappa shape index (κ2) is 13.0. The molecule has 1 aromatic heterocycles. The van der Waals surface area contributed by atoms with Crippen LogP contribution >= 0.6 is 46.4 Å². The van der Waals surface area contributed by atoms with Crippen LogP contribution in [-0.4, -0.2) is 53.7 Å². The van der Waals surface area contributed by atoms with Crippen LogP contribution in [0.2, 0.25) is 20.1 Å². The Morgan fingerprint density at radius 3 is 2.16 bits per heavy atom. The Bertz CT molecular complexity index is 1660. The highest BCUT2D eigenvalue weighted by Crippen LogP contribution is 2.36. The van der Waals surface area contributed by atoms with Gasteiger partial charge in [-0.05, 0) is 55.7 Å². The normalized spacial score (nSPS) is 17.8. The Morgan fingerprint density at radius 1 is 1.02 bits per heavy atom. The lowest BCUT2D eigenvalue weighted by atomic mass is 9.97.